The summed E-state index contributed by atoms with van der Waals surface area (Å²) < 4.78 is 0. The molecule has 0 N–H and O–H groups in total. The van der Waals surface area contributed by atoms with E-state index in [4.69, 9.17) is 9.59 Å². The average Bonchev–Trinajstić information content (AvgIpc) is 3.38. The van der Waals surface area contributed by atoms with E-state index >= 15 is 0 Å². The molecule has 0 saturated heterocycles. The maximum Gasteiger partial charge on any atom is 0.106 e. The molecule has 0 unspecified atom stereocenters. The number of carbonyl (C=O) groups excluding carboxylic acids is 2. The van der Waals surface area contributed by atoms with Crippen LogP contribution < -0.4 is 47.7 Å². The van der Waals surface area contributed by atoms with Crippen LogP contribution in [0.2, 0.25) is 0 Å². The first-order valence-electron chi connectivity index (χ1n) is 23.5. The Morgan fingerprint density at radius 3 is 0.324 bits per heavy atom. The van der Waals surface area contributed by atoms with Crippen molar-refractivity contribution in [1.82, 2.24) is 0 Å². The largest absolute Gasteiger partial charge is 0.307 e. The Balaban J connectivity index is 0.000000222. The molecule has 0 heterocycles. The molecule has 0 fully saturated rings. The van der Waals surface area contributed by atoms with Crippen molar-refractivity contribution in [3.05, 3.63) is 268 Å². The Labute approximate surface area is 442 Å². The first kappa shape index (κ1) is 57.8. The second-order valence-electron chi connectivity index (χ2n) is 17.5. The molecule has 9 aromatic rings. The number of rotatable bonds is 9. The molecule has 9 aromatic carbocycles. The number of carbonyl (C=O) groups is 2. The molecule has 0 bridgehead atoms. The van der Waals surface area contributed by atoms with Crippen molar-refractivity contribution in [2.24, 2.45) is 0 Å². The van der Waals surface area contributed by atoms with Gasteiger partial charge in [0.05, 0.1) is 0 Å². The fourth-order valence-corrected chi connectivity index (χ4v) is 14.3. The summed E-state index contributed by atoms with van der Waals surface area (Å²) in [5.41, 5.74) is 11.8. The standard InChI is InChI=1S/3C21H21P.2CH2O.Ru/c3*1-16-4-10-19(11-5-16)22(20-12-6-17(2)7-13-20)21-14-8-18(3)9-15-21;2*1-2;/h3*4-15H,1-3H3;2*1H2;. The summed E-state index contributed by atoms with van der Waals surface area (Å²) in [6, 6.07) is 80.9. The number of benzene rings is 9. The molecule has 71 heavy (non-hydrogen) atoms. The van der Waals surface area contributed by atoms with Gasteiger partial charge < -0.3 is 9.59 Å². The normalized spacial score (nSPS) is 10.3. The number of hydrogen-bond acceptors (Lipinski definition) is 2. The van der Waals surface area contributed by atoms with Crippen LogP contribution in [0.25, 0.3) is 0 Å². The third-order valence-electron chi connectivity index (χ3n) is 11.6. The molecule has 6 heteroatoms. The van der Waals surface area contributed by atoms with Gasteiger partial charge in [-0.05, 0) is 134 Å². The molecule has 0 spiro atoms. The molecule has 0 amide bonds. The van der Waals surface area contributed by atoms with Crippen molar-refractivity contribution in [3.8, 4) is 0 Å². The second kappa shape index (κ2) is 29.5. The summed E-state index contributed by atoms with van der Waals surface area (Å²) >= 11 is 0. The van der Waals surface area contributed by atoms with Gasteiger partial charge in [0.1, 0.15) is 13.6 Å². The van der Waals surface area contributed by atoms with Crippen LogP contribution in [0.4, 0.5) is 0 Å². The van der Waals surface area contributed by atoms with E-state index in [1.54, 1.807) is 0 Å². The summed E-state index contributed by atoms with van der Waals surface area (Å²) in [6.07, 6.45) is 0. The number of aryl methyl sites for hydroxylation is 9. The van der Waals surface area contributed by atoms with Gasteiger partial charge in [-0.15, -0.1) is 0 Å². The fraction of sp³-hybridized carbons (Fsp3) is 0.138. The molecule has 0 aliphatic carbocycles. The third-order valence-corrected chi connectivity index (χ3v) is 19.0. The van der Waals surface area contributed by atoms with Crippen LogP contribution in [-0.4, -0.2) is 13.6 Å². The van der Waals surface area contributed by atoms with Crippen LogP contribution in [-0.2, 0) is 29.1 Å². The van der Waals surface area contributed by atoms with Gasteiger partial charge in [-0.1, -0.05) is 268 Å². The van der Waals surface area contributed by atoms with E-state index < -0.39 is 23.8 Å². The minimum atomic E-state index is -0.483. The van der Waals surface area contributed by atoms with Gasteiger partial charge in [0.2, 0.25) is 0 Å². The van der Waals surface area contributed by atoms with Crippen LogP contribution in [0.5, 0.6) is 0 Å². The van der Waals surface area contributed by atoms with E-state index in [2.05, 4.69) is 281 Å². The van der Waals surface area contributed by atoms with Crippen molar-refractivity contribution in [1.29, 1.82) is 0 Å². The van der Waals surface area contributed by atoms with Crippen LogP contribution in [0, 0.1) is 62.3 Å². The summed E-state index contributed by atoms with van der Waals surface area (Å²) in [5.74, 6) is 0. The van der Waals surface area contributed by atoms with Crippen LogP contribution in [0.3, 0.4) is 0 Å². The molecule has 0 radical (unpaired) electrons. The minimum Gasteiger partial charge on any atom is -0.307 e. The summed E-state index contributed by atoms with van der Waals surface area (Å²) in [6.45, 7) is 23.3. The molecule has 0 saturated carbocycles. The van der Waals surface area contributed by atoms with Crippen molar-refractivity contribution in [3.63, 3.8) is 0 Å². The summed E-state index contributed by atoms with van der Waals surface area (Å²) in [5, 5.41) is 12.7. The van der Waals surface area contributed by atoms with Crippen LogP contribution >= 0.6 is 23.8 Å². The fourth-order valence-electron chi connectivity index (χ4n) is 7.59. The zero-order valence-electron chi connectivity index (χ0n) is 42.7. The topological polar surface area (TPSA) is 34.1 Å². The SMILES string of the molecule is C=O.C=O.Cc1ccc(P(c2ccc(C)cc2)c2ccc(C)cc2)cc1.Cc1ccc(P(c2ccc(C)cc2)c2ccc(C)cc2)cc1.Cc1ccc(P(c2ccc(C)cc2)c2ccc(C)cc2)cc1.[Ru]. The zero-order chi connectivity index (χ0) is 50.6. The molecule has 0 aromatic heterocycles. The predicted molar refractivity (Wildman–Crippen MR) is 312 cm³/mol. The van der Waals surface area contributed by atoms with E-state index in [1.165, 1.54) is 97.8 Å². The first-order chi connectivity index (χ1) is 33.9. The van der Waals surface area contributed by atoms with E-state index in [-0.39, 0.29) is 19.5 Å². The maximum absolute atomic E-state index is 8.00. The summed E-state index contributed by atoms with van der Waals surface area (Å²) in [4.78, 5) is 16.0. The molecule has 0 aliphatic rings. The van der Waals surface area contributed by atoms with Crippen molar-refractivity contribution < 1.29 is 29.1 Å². The zero-order valence-corrected chi connectivity index (χ0v) is 47.1. The van der Waals surface area contributed by atoms with Crippen LogP contribution in [0.15, 0.2) is 218 Å². The smallest absolute Gasteiger partial charge is 0.106 e. The molecule has 0 aliphatic heterocycles. The van der Waals surface area contributed by atoms with Gasteiger partial charge >= 0.3 is 0 Å². The molecular formula is C65H67O2P3Ru. The van der Waals surface area contributed by atoms with Crippen molar-refractivity contribution in [2.45, 2.75) is 62.3 Å². The van der Waals surface area contributed by atoms with Gasteiger partial charge in [0, 0.05) is 19.5 Å². The molecular weight excluding hydrogens is 1010 g/mol. The van der Waals surface area contributed by atoms with Crippen molar-refractivity contribution in [2.75, 3.05) is 0 Å². The monoisotopic (exact) mass is 1070 g/mol. The van der Waals surface area contributed by atoms with Gasteiger partial charge in [-0.2, -0.15) is 0 Å². The third kappa shape index (κ3) is 17.2. The van der Waals surface area contributed by atoms with E-state index in [0.717, 1.165) is 0 Å². The first-order valence-corrected chi connectivity index (χ1v) is 27.5. The van der Waals surface area contributed by atoms with Gasteiger partial charge in [-0.25, -0.2) is 0 Å². The molecule has 2 nitrogen and oxygen atoms in total. The second-order valence-corrected chi connectivity index (χ2v) is 24.2. The Bertz CT molecular complexity index is 2270. The van der Waals surface area contributed by atoms with Crippen LogP contribution in [0.1, 0.15) is 50.1 Å². The Kier molecular flexibility index (Phi) is 24.1. The molecule has 9 rings (SSSR count). The van der Waals surface area contributed by atoms with Crippen molar-refractivity contribution >= 4 is 85.1 Å². The van der Waals surface area contributed by atoms with Gasteiger partial charge in [-0.3, -0.25) is 0 Å². The average molecular weight is 1070 g/mol. The van der Waals surface area contributed by atoms with Gasteiger partial charge in [0.25, 0.3) is 0 Å². The predicted octanol–water partition coefficient (Wildman–Crippen LogP) is 12.7. The molecule has 362 valence electrons. The Morgan fingerprint density at radius 2 is 0.254 bits per heavy atom. The van der Waals surface area contributed by atoms with E-state index in [9.17, 15) is 0 Å². The maximum atomic E-state index is 8.00. The quantitative estimate of drug-likeness (QED) is 0.107. The minimum absolute atomic E-state index is 0. The molecule has 0 atom stereocenters. The van der Waals surface area contributed by atoms with E-state index in [1.807, 2.05) is 13.6 Å². The van der Waals surface area contributed by atoms with Gasteiger partial charge in [0.15, 0.2) is 0 Å². The number of hydrogen-bond donors (Lipinski definition) is 0. The Morgan fingerprint density at radius 1 is 0.183 bits per heavy atom. The Hall–Kier alpha value is -5.77. The van der Waals surface area contributed by atoms with E-state index in [0.29, 0.717) is 0 Å². The summed E-state index contributed by atoms with van der Waals surface area (Å²) in [7, 11) is -1.45.